The van der Waals surface area contributed by atoms with E-state index in [1.54, 1.807) is 12.4 Å². The molecular weight excluding hydrogens is 388 g/mol. The lowest BCUT2D eigenvalue weighted by molar-refractivity contribution is 0.0860. The van der Waals surface area contributed by atoms with Gasteiger partial charge in [-0.2, -0.15) is 0 Å². The van der Waals surface area contributed by atoms with E-state index < -0.39 is 15.4 Å². The number of hydrogen-bond donors (Lipinski definition) is 2. The average Bonchev–Trinajstić information content (AvgIpc) is 3.46. The quantitative estimate of drug-likeness (QED) is 0.604. The van der Waals surface area contributed by atoms with E-state index >= 15 is 0 Å². The largest absolute Gasteiger partial charge is 0.344 e. The standard InChI is InChI=1S/C21H24N4O3S/c1-21(2,3)19(26)16-11-22-20-18(16)25-17(12-23-20)14-6-4-13(5-7-14)10-24-29(27,28)15-8-9-15/h4-7,11-12,15,24H,8-10H2,1-3H3,(H,22,23). The Morgan fingerprint density at radius 3 is 2.52 bits per heavy atom. The van der Waals surface area contributed by atoms with Gasteiger partial charge in [-0.3, -0.25) is 4.79 Å². The Labute approximate surface area is 170 Å². The number of fused-ring (bicyclic) bond motifs is 1. The maximum atomic E-state index is 12.7. The van der Waals surface area contributed by atoms with Crippen LogP contribution in [0.25, 0.3) is 22.4 Å². The van der Waals surface area contributed by atoms with E-state index in [0.29, 0.717) is 22.4 Å². The molecule has 0 amide bonds. The summed E-state index contributed by atoms with van der Waals surface area (Å²) in [7, 11) is -3.20. The third-order valence-corrected chi connectivity index (χ3v) is 6.89. The average molecular weight is 413 g/mol. The number of H-pyrrole nitrogens is 1. The molecule has 0 radical (unpaired) electrons. The van der Waals surface area contributed by atoms with Crippen molar-refractivity contribution in [2.75, 3.05) is 0 Å². The van der Waals surface area contributed by atoms with Gasteiger partial charge >= 0.3 is 0 Å². The molecule has 1 aromatic carbocycles. The van der Waals surface area contributed by atoms with Crippen molar-refractivity contribution >= 4 is 27.0 Å². The number of nitrogens with one attached hydrogen (secondary N) is 2. The lowest BCUT2D eigenvalue weighted by Gasteiger charge is -2.15. The molecule has 2 N–H and O–H groups in total. The zero-order chi connectivity index (χ0) is 20.8. The Hall–Kier alpha value is -2.58. The first-order valence-electron chi connectivity index (χ1n) is 9.62. The van der Waals surface area contributed by atoms with Gasteiger partial charge in [0.1, 0.15) is 5.52 Å². The second kappa shape index (κ2) is 7.03. The summed E-state index contributed by atoms with van der Waals surface area (Å²) < 4.78 is 26.6. The van der Waals surface area contributed by atoms with Gasteiger partial charge in [0.2, 0.25) is 10.0 Å². The van der Waals surface area contributed by atoms with E-state index in [1.807, 2.05) is 45.0 Å². The predicted octanol–water partition coefficient (Wildman–Crippen LogP) is 3.44. The minimum Gasteiger partial charge on any atom is -0.344 e. The number of carbonyl (C=O) groups is 1. The first-order chi connectivity index (χ1) is 13.6. The number of carbonyl (C=O) groups excluding carboxylic acids is 1. The Morgan fingerprint density at radius 2 is 1.90 bits per heavy atom. The molecule has 0 spiro atoms. The maximum absolute atomic E-state index is 12.7. The molecular formula is C21H24N4O3S. The first-order valence-corrected chi connectivity index (χ1v) is 11.2. The van der Waals surface area contributed by atoms with Gasteiger partial charge in [-0.1, -0.05) is 45.0 Å². The van der Waals surface area contributed by atoms with Crippen molar-refractivity contribution in [2.24, 2.45) is 5.41 Å². The van der Waals surface area contributed by atoms with Crippen LogP contribution in [0.15, 0.2) is 36.7 Å². The molecule has 1 fully saturated rings. The number of sulfonamides is 1. The number of ketones is 1. The van der Waals surface area contributed by atoms with Gasteiger partial charge in [-0.15, -0.1) is 0 Å². The molecule has 4 rings (SSSR count). The van der Waals surface area contributed by atoms with Gasteiger partial charge < -0.3 is 4.98 Å². The van der Waals surface area contributed by atoms with E-state index in [9.17, 15) is 13.2 Å². The van der Waals surface area contributed by atoms with Crippen LogP contribution in [0.3, 0.4) is 0 Å². The lowest BCUT2D eigenvalue weighted by Crippen LogP contribution is -2.26. The molecule has 0 saturated heterocycles. The predicted molar refractivity (Wildman–Crippen MR) is 112 cm³/mol. The number of aromatic amines is 1. The number of benzene rings is 1. The second-order valence-electron chi connectivity index (χ2n) is 8.50. The molecule has 1 aliphatic carbocycles. The van der Waals surface area contributed by atoms with Gasteiger partial charge in [0, 0.05) is 23.7 Å². The normalized spacial score (nSPS) is 15.0. The van der Waals surface area contributed by atoms with E-state index in [4.69, 9.17) is 0 Å². The topological polar surface area (TPSA) is 105 Å². The van der Waals surface area contributed by atoms with Crippen molar-refractivity contribution < 1.29 is 13.2 Å². The van der Waals surface area contributed by atoms with Gasteiger partial charge in [-0.25, -0.2) is 23.1 Å². The van der Waals surface area contributed by atoms with E-state index in [2.05, 4.69) is 19.7 Å². The Balaban J connectivity index is 1.57. The SMILES string of the molecule is CC(C)(C)C(=O)c1c[nH]c2ncc(-c3ccc(CNS(=O)(=O)C4CC4)cc3)nc12. The maximum Gasteiger partial charge on any atom is 0.214 e. The Bertz CT molecular complexity index is 1170. The van der Waals surface area contributed by atoms with E-state index in [1.165, 1.54) is 0 Å². The molecule has 1 saturated carbocycles. The van der Waals surface area contributed by atoms with Crippen molar-refractivity contribution in [1.82, 2.24) is 19.7 Å². The third kappa shape index (κ3) is 4.09. The zero-order valence-corrected chi connectivity index (χ0v) is 17.5. The molecule has 2 aromatic heterocycles. The summed E-state index contributed by atoms with van der Waals surface area (Å²) in [5.41, 5.74) is 3.54. The van der Waals surface area contributed by atoms with Crippen molar-refractivity contribution in [1.29, 1.82) is 0 Å². The summed E-state index contributed by atoms with van der Waals surface area (Å²) in [6, 6.07) is 7.51. The fraction of sp³-hybridized carbons (Fsp3) is 0.381. The number of rotatable bonds is 6. The van der Waals surface area contributed by atoms with Crippen molar-refractivity contribution in [2.45, 2.75) is 45.4 Å². The Kier molecular flexibility index (Phi) is 4.78. The molecule has 2 heterocycles. The highest BCUT2D eigenvalue weighted by atomic mass is 32.2. The minimum absolute atomic E-state index is 0.00787. The van der Waals surface area contributed by atoms with Crippen LogP contribution in [0.4, 0.5) is 0 Å². The smallest absolute Gasteiger partial charge is 0.214 e. The van der Waals surface area contributed by atoms with E-state index in [-0.39, 0.29) is 17.6 Å². The highest BCUT2D eigenvalue weighted by Gasteiger charge is 2.35. The first kappa shape index (κ1) is 19.7. The van der Waals surface area contributed by atoms with Crippen LogP contribution in [0.5, 0.6) is 0 Å². The van der Waals surface area contributed by atoms with Crippen LogP contribution in [-0.4, -0.2) is 34.4 Å². The van der Waals surface area contributed by atoms with Crippen LogP contribution in [-0.2, 0) is 16.6 Å². The van der Waals surface area contributed by atoms with Crippen molar-refractivity contribution in [3.8, 4) is 11.3 Å². The van der Waals surface area contributed by atoms with Crippen LogP contribution in [0.2, 0.25) is 0 Å². The summed E-state index contributed by atoms with van der Waals surface area (Å²) in [5.74, 6) is 0.00787. The summed E-state index contributed by atoms with van der Waals surface area (Å²) >= 11 is 0. The third-order valence-electron chi connectivity index (χ3n) is 5.00. The number of aromatic nitrogens is 3. The molecule has 0 unspecified atom stereocenters. The lowest BCUT2D eigenvalue weighted by atomic mass is 9.87. The fourth-order valence-corrected chi connectivity index (χ4v) is 4.44. The molecule has 0 bridgehead atoms. The molecule has 0 atom stereocenters. The summed E-state index contributed by atoms with van der Waals surface area (Å²) in [4.78, 5) is 24.8. The molecule has 1 aliphatic rings. The Morgan fingerprint density at radius 1 is 1.21 bits per heavy atom. The second-order valence-corrected chi connectivity index (χ2v) is 10.5. The van der Waals surface area contributed by atoms with Gasteiger partial charge in [0.25, 0.3) is 0 Å². The van der Waals surface area contributed by atoms with Gasteiger partial charge in [0.05, 0.1) is 22.7 Å². The molecule has 29 heavy (non-hydrogen) atoms. The van der Waals surface area contributed by atoms with Crippen LogP contribution >= 0.6 is 0 Å². The van der Waals surface area contributed by atoms with Crippen LogP contribution in [0.1, 0.15) is 49.5 Å². The summed E-state index contributed by atoms with van der Waals surface area (Å²) in [5, 5.41) is -0.227. The molecule has 3 aromatic rings. The van der Waals surface area contributed by atoms with E-state index in [0.717, 1.165) is 24.0 Å². The van der Waals surface area contributed by atoms with Crippen molar-refractivity contribution in [3.05, 3.63) is 47.8 Å². The van der Waals surface area contributed by atoms with Crippen molar-refractivity contribution in [3.63, 3.8) is 0 Å². The molecule has 0 aliphatic heterocycles. The zero-order valence-electron chi connectivity index (χ0n) is 16.7. The van der Waals surface area contributed by atoms with Gasteiger partial charge in [-0.05, 0) is 18.4 Å². The molecule has 7 nitrogen and oxygen atoms in total. The molecule has 8 heteroatoms. The fourth-order valence-electron chi connectivity index (χ4n) is 3.08. The highest BCUT2D eigenvalue weighted by Crippen LogP contribution is 2.28. The molecule has 152 valence electrons. The minimum atomic E-state index is -3.20. The van der Waals surface area contributed by atoms with Gasteiger partial charge in [0.15, 0.2) is 11.4 Å². The number of nitrogens with zero attached hydrogens (tertiary/aromatic N) is 2. The highest BCUT2D eigenvalue weighted by molar-refractivity contribution is 7.90. The summed E-state index contributed by atoms with van der Waals surface area (Å²) in [6.45, 7) is 5.90. The number of hydrogen-bond acceptors (Lipinski definition) is 5. The number of Topliss-reactive ketones (excluding diaryl/α,β-unsaturated/α-hetero) is 1. The monoisotopic (exact) mass is 412 g/mol. The summed E-state index contributed by atoms with van der Waals surface area (Å²) in [6.07, 6.45) is 4.81. The van der Waals surface area contributed by atoms with Crippen LogP contribution in [0, 0.1) is 5.41 Å². The van der Waals surface area contributed by atoms with Crippen LogP contribution < -0.4 is 4.72 Å².